The number of carbonyl (C=O) groups is 2. The summed E-state index contributed by atoms with van der Waals surface area (Å²) in [6.45, 7) is 1.29. The fourth-order valence-electron chi connectivity index (χ4n) is 3.46. The standard InChI is InChI=1S/C20H22N6O6/c1-10(27)23-20-24-16(21)13-17(25-20)26(9-22-13)18-15(29)14(28)12(32-18)7-8-31-19(30)11-5-3-2-4-6-11/h2-6,9,12,14-15,18,28-29H,7-8H2,1H3,(H3,21,23,24,25,27). The van der Waals surface area contributed by atoms with Gasteiger partial charge in [0, 0.05) is 13.3 Å². The lowest BCUT2D eigenvalue weighted by molar-refractivity contribution is -0.114. The van der Waals surface area contributed by atoms with Crippen LogP contribution < -0.4 is 11.1 Å². The number of nitrogens with two attached hydrogens (primary N) is 1. The van der Waals surface area contributed by atoms with Gasteiger partial charge in [-0.05, 0) is 12.1 Å². The van der Waals surface area contributed by atoms with Crippen molar-refractivity contribution in [3.05, 3.63) is 42.2 Å². The van der Waals surface area contributed by atoms with Crippen molar-refractivity contribution in [1.82, 2.24) is 19.5 Å². The topological polar surface area (TPSA) is 175 Å². The van der Waals surface area contributed by atoms with E-state index in [-0.39, 0.29) is 41.9 Å². The third-order valence-corrected chi connectivity index (χ3v) is 4.99. The van der Waals surface area contributed by atoms with Gasteiger partial charge in [-0.3, -0.25) is 14.7 Å². The van der Waals surface area contributed by atoms with E-state index in [1.807, 2.05) is 0 Å². The van der Waals surface area contributed by atoms with Crippen LogP contribution in [0.15, 0.2) is 36.7 Å². The molecule has 32 heavy (non-hydrogen) atoms. The van der Waals surface area contributed by atoms with Crippen LogP contribution in [-0.4, -0.2) is 66.5 Å². The molecular weight excluding hydrogens is 420 g/mol. The molecule has 12 heteroatoms. The number of esters is 1. The van der Waals surface area contributed by atoms with E-state index in [0.717, 1.165) is 0 Å². The number of anilines is 2. The normalized spacial score (nSPS) is 22.7. The van der Waals surface area contributed by atoms with Crippen molar-refractivity contribution in [1.29, 1.82) is 0 Å². The van der Waals surface area contributed by atoms with Crippen molar-refractivity contribution in [2.45, 2.75) is 37.9 Å². The molecule has 4 atom stereocenters. The lowest BCUT2D eigenvalue weighted by atomic mass is 10.1. The van der Waals surface area contributed by atoms with Gasteiger partial charge in [-0.25, -0.2) is 9.78 Å². The van der Waals surface area contributed by atoms with E-state index in [1.165, 1.54) is 17.8 Å². The Bertz CT molecular complexity index is 1140. The summed E-state index contributed by atoms with van der Waals surface area (Å²) in [6.07, 6.45) is -2.85. The van der Waals surface area contributed by atoms with Crippen LogP contribution in [-0.2, 0) is 14.3 Å². The second-order valence-electron chi connectivity index (χ2n) is 7.27. The van der Waals surface area contributed by atoms with Gasteiger partial charge in [0.05, 0.1) is 24.6 Å². The highest BCUT2D eigenvalue weighted by atomic mass is 16.6. The number of aliphatic hydroxyl groups is 2. The number of benzene rings is 1. The van der Waals surface area contributed by atoms with Crippen LogP contribution in [0.5, 0.6) is 0 Å². The van der Waals surface area contributed by atoms with Crippen LogP contribution in [0.3, 0.4) is 0 Å². The summed E-state index contributed by atoms with van der Waals surface area (Å²) >= 11 is 0. The first kappa shape index (κ1) is 21.6. The highest BCUT2D eigenvalue weighted by Gasteiger charge is 2.44. The molecule has 5 N–H and O–H groups in total. The molecule has 1 aliphatic rings. The average Bonchev–Trinajstić information content (AvgIpc) is 3.30. The number of ether oxygens (including phenoxy) is 2. The van der Waals surface area contributed by atoms with E-state index in [4.69, 9.17) is 15.2 Å². The minimum absolute atomic E-state index is 0.0125. The molecule has 0 radical (unpaired) electrons. The SMILES string of the molecule is CC(=O)Nc1nc(N)c2ncn(C3OC(CCOC(=O)c4ccccc4)C(O)C3O)c2n1. The van der Waals surface area contributed by atoms with Crippen molar-refractivity contribution in [3.63, 3.8) is 0 Å². The molecule has 0 spiro atoms. The largest absolute Gasteiger partial charge is 0.462 e. The van der Waals surface area contributed by atoms with E-state index in [0.29, 0.717) is 5.56 Å². The predicted octanol–water partition coefficient (Wildman–Crippen LogP) is 0.233. The van der Waals surface area contributed by atoms with Crippen molar-refractivity contribution in [2.75, 3.05) is 17.7 Å². The number of nitrogens with zero attached hydrogens (tertiary/aromatic N) is 4. The zero-order chi connectivity index (χ0) is 22.8. The smallest absolute Gasteiger partial charge is 0.338 e. The molecule has 3 aromatic rings. The van der Waals surface area contributed by atoms with Crippen LogP contribution in [0, 0.1) is 0 Å². The number of rotatable bonds is 6. The minimum atomic E-state index is -1.30. The molecule has 1 aromatic carbocycles. The molecule has 4 unspecified atom stereocenters. The predicted molar refractivity (Wildman–Crippen MR) is 111 cm³/mol. The van der Waals surface area contributed by atoms with Crippen LogP contribution >= 0.6 is 0 Å². The molecule has 2 aromatic heterocycles. The van der Waals surface area contributed by atoms with E-state index in [9.17, 15) is 19.8 Å². The van der Waals surface area contributed by atoms with Gasteiger partial charge in [-0.2, -0.15) is 9.97 Å². The van der Waals surface area contributed by atoms with Crippen LogP contribution in [0.2, 0.25) is 0 Å². The Balaban J connectivity index is 1.47. The third-order valence-electron chi connectivity index (χ3n) is 4.99. The van der Waals surface area contributed by atoms with Gasteiger partial charge in [0.1, 0.15) is 17.7 Å². The molecule has 0 saturated carbocycles. The van der Waals surface area contributed by atoms with Gasteiger partial charge in [0.2, 0.25) is 11.9 Å². The first-order chi connectivity index (χ1) is 15.3. The number of fused-ring (bicyclic) bond motifs is 1. The minimum Gasteiger partial charge on any atom is -0.462 e. The van der Waals surface area contributed by atoms with Crippen molar-refractivity contribution in [3.8, 4) is 0 Å². The van der Waals surface area contributed by atoms with Crippen molar-refractivity contribution in [2.24, 2.45) is 0 Å². The van der Waals surface area contributed by atoms with Gasteiger partial charge in [0.25, 0.3) is 0 Å². The number of nitrogen functional groups attached to an aromatic ring is 1. The molecule has 1 aliphatic heterocycles. The quantitative estimate of drug-likeness (QED) is 0.387. The molecule has 0 aliphatic carbocycles. The maximum Gasteiger partial charge on any atom is 0.338 e. The second-order valence-corrected chi connectivity index (χ2v) is 7.27. The highest BCUT2D eigenvalue weighted by molar-refractivity contribution is 5.90. The number of nitrogens with one attached hydrogen (secondary N) is 1. The number of hydrogen-bond acceptors (Lipinski definition) is 10. The van der Waals surface area contributed by atoms with Gasteiger partial charge in [0.15, 0.2) is 17.7 Å². The Kier molecular flexibility index (Phi) is 5.99. The fourth-order valence-corrected chi connectivity index (χ4v) is 3.46. The molecule has 4 rings (SSSR count). The van der Waals surface area contributed by atoms with Crippen LogP contribution in [0.1, 0.15) is 29.9 Å². The van der Waals surface area contributed by atoms with E-state index in [1.54, 1.807) is 30.3 Å². The monoisotopic (exact) mass is 442 g/mol. The lowest BCUT2D eigenvalue weighted by Gasteiger charge is -2.17. The first-order valence-corrected chi connectivity index (χ1v) is 9.86. The molecule has 3 heterocycles. The summed E-state index contributed by atoms with van der Waals surface area (Å²) in [5.74, 6) is -0.863. The Hall–Kier alpha value is -3.61. The summed E-state index contributed by atoms with van der Waals surface area (Å²) < 4.78 is 12.5. The van der Waals surface area contributed by atoms with Crippen molar-refractivity contribution < 1.29 is 29.3 Å². The number of carbonyl (C=O) groups excluding carboxylic acids is 2. The Morgan fingerprint density at radius 2 is 1.97 bits per heavy atom. The summed E-state index contributed by atoms with van der Waals surface area (Å²) in [7, 11) is 0. The fraction of sp³-hybridized carbons (Fsp3) is 0.350. The number of amides is 1. The summed E-state index contributed by atoms with van der Waals surface area (Å²) in [5, 5.41) is 23.4. The zero-order valence-corrected chi connectivity index (χ0v) is 17.1. The molecule has 168 valence electrons. The summed E-state index contributed by atoms with van der Waals surface area (Å²) in [6, 6.07) is 8.51. The molecule has 1 saturated heterocycles. The van der Waals surface area contributed by atoms with Crippen molar-refractivity contribution >= 4 is 34.8 Å². The summed E-state index contributed by atoms with van der Waals surface area (Å²) in [5.41, 5.74) is 6.78. The highest BCUT2D eigenvalue weighted by Crippen LogP contribution is 2.33. The first-order valence-electron chi connectivity index (χ1n) is 9.86. The van der Waals surface area contributed by atoms with Gasteiger partial charge in [-0.1, -0.05) is 18.2 Å². The molecular formula is C20H22N6O6. The second kappa shape index (κ2) is 8.86. The molecule has 0 bridgehead atoms. The average molecular weight is 442 g/mol. The lowest BCUT2D eigenvalue weighted by Crippen LogP contribution is -2.32. The zero-order valence-electron chi connectivity index (χ0n) is 17.1. The van der Waals surface area contributed by atoms with E-state index >= 15 is 0 Å². The van der Waals surface area contributed by atoms with Crippen LogP contribution in [0.4, 0.5) is 11.8 Å². The third kappa shape index (κ3) is 4.23. The maximum absolute atomic E-state index is 12.1. The number of hydrogen-bond donors (Lipinski definition) is 4. The Morgan fingerprint density at radius 1 is 1.22 bits per heavy atom. The van der Waals surface area contributed by atoms with Crippen LogP contribution in [0.25, 0.3) is 11.2 Å². The van der Waals surface area contributed by atoms with Gasteiger partial charge < -0.3 is 25.4 Å². The van der Waals surface area contributed by atoms with Gasteiger partial charge in [-0.15, -0.1) is 0 Å². The summed E-state index contributed by atoms with van der Waals surface area (Å²) in [4.78, 5) is 35.7. The maximum atomic E-state index is 12.1. The molecule has 1 fully saturated rings. The Labute approximate surface area is 182 Å². The number of aromatic nitrogens is 4. The van der Waals surface area contributed by atoms with E-state index in [2.05, 4.69) is 20.3 Å². The molecule has 12 nitrogen and oxygen atoms in total. The van der Waals surface area contributed by atoms with E-state index < -0.39 is 30.5 Å². The Morgan fingerprint density at radius 3 is 2.69 bits per heavy atom. The van der Waals surface area contributed by atoms with Gasteiger partial charge >= 0.3 is 5.97 Å². The number of aliphatic hydroxyl groups excluding tert-OH is 2. The molecule has 1 amide bonds. The number of imidazole rings is 1.